The molecule has 0 bridgehead atoms. The lowest BCUT2D eigenvalue weighted by molar-refractivity contribution is -0.134. The predicted octanol–water partition coefficient (Wildman–Crippen LogP) is 1.45. The first-order valence-corrected chi connectivity index (χ1v) is 10.6. The van der Waals surface area contributed by atoms with Crippen molar-refractivity contribution in [1.29, 1.82) is 0 Å². The maximum absolute atomic E-state index is 11.6. The van der Waals surface area contributed by atoms with Gasteiger partial charge in [0.25, 0.3) is 0 Å². The zero-order valence-electron chi connectivity index (χ0n) is 18.2. The van der Waals surface area contributed by atoms with E-state index in [-0.39, 0.29) is 0 Å². The molecule has 0 spiro atoms. The quantitative estimate of drug-likeness (QED) is 0.813. The average Bonchev–Trinajstić information content (AvgIpc) is 3.53. The van der Waals surface area contributed by atoms with Crippen LogP contribution in [0.1, 0.15) is 40.5 Å². The lowest BCUT2D eigenvalue weighted by atomic mass is 10.3. The summed E-state index contributed by atoms with van der Waals surface area (Å²) in [5.74, 6) is 0.802. The Labute approximate surface area is 162 Å². The van der Waals surface area contributed by atoms with E-state index in [1.54, 1.807) is 0 Å². The number of amides is 1. The molecule has 0 aromatic rings. The maximum Gasteiger partial charge on any atom is 0.225 e. The molecule has 1 N–H and O–H groups in total. The predicted molar refractivity (Wildman–Crippen MR) is 111 cm³/mol. The van der Waals surface area contributed by atoms with E-state index in [2.05, 4.69) is 28.8 Å². The highest BCUT2D eigenvalue weighted by Gasteiger charge is 2.34. The molecule has 6 nitrogen and oxygen atoms in total. The van der Waals surface area contributed by atoms with Crippen LogP contribution in [0.3, 0.4) is 0 Å². The molecule has 1 amide bonds. The van der Waals surface area contributed by atoms with Gasteiger partial charge >= 0.3 is 0 Å². The average molecular weight is 373 g/mol. The SMILES string of the molecule is CC.CC.CN1CCN(C(=O)C2CC2)CC1.CN1CCN(CCO)CC1. The molecular formula is C20H44N4O2. The third kappa shape index (κ3) is 10.5. The van der Waals surface area contributed by atoms with Crippen LogP contribution in [-0.4, -0.2) is 110 Å². The largest absolute Gasteiger partial charge is 0.395 e. The van der Waals surface area contributed by atoms with Gasteiger partial charge in [-0.25, -0.2) is 0 Å². The molecule has 2 saturated heterocycles. The lowest BCUT2D eigenvalue weighted by Gasteiger charge is -2.32. The second-order valence-corrected chi connectivity index (χ2v) is 6.77. The van der Waals surface area contributed by atoms with E-state index in [0.717, 1.165) is 71.7 Å². The fourth-order valence-corrected chi connectivity index (χ4v) is 2.83. The monoisotopic (exact) mass is 372 g/mol. The Bertz CT molecular complexity index is 335. The lowest BCUT2D eigenvalue weighted by Crippen LogP contribution is -2.47. The molecule has 156 valence electrons. The summed E-state index contributed by atoms with van der Waals surface area (Å²) in [5, 5.41) is 8.63. The number of aliphatic hydroxyl groups is 1. The van der Waals surface area contributed by atoms with E-state index in [4.69, 9.17) is 5.11 Å². The Morgan fingerprint density at radius 1 is 0.808 bits per heavy atom. The number of nitrogens with zero attached hydrogens (tertiary/aromatic N) is 4. The second kappa shape index (κ2) is 15.4. The van der Waals surface area contributed by atoms with Crippen LogP contribution in [0.2, 0.25) is 0 Å². The number of piperazine rings is 2. The Hall–Kier alpha value is -0.690. The van der Waals surface area contributed by atoms with Gasteiger partial charge in [-0.3, -0.25) is 9.69 Å². The second-order valence-electron chi connectivity index (χ2n) is 6.77. The number of carbonyl (C=O) groups excluding carboxylic acids is 1. The number of aliphatic hydroxyl groups excluding tert-OH is 1. The molecule has 1 saturated carbocycles. The van der Waals surface area contributed by atoms with Gasteiger partial charge in [-0.15, -0.1) is 0 Å². The smallest absolute Gasteiger partial charge is 0.225 e. The van der Waals surface area contributed by atoms with Crippen molar-refractivity contribution in [2.75, 3.05) is 79.6 Å². The summed E-state index contributed by atoms with van der Waals surface area (Å²) >= 11 is 0. The topological polar surface area (TPSA) is 50.3 Å². The highest BCUT2D eigenvalue weighted by molar-refractivity contribution is 5.81. The van der Waals surface area contributed by atoms with Crippen LogP contribution >= 0.6 is 0 Å². The summed E-state index contributed by atoms with van der Waals surface area (Å²) in [7, 11) is 4.25. The van der Waals surface area contributed by atoms with Crippen LogP contribution in [0, 0.1) is 5.92 Å². The van der Waals surface area contributed by atoms with Crippen molar-refractivity contribution >= 4 is 5.91 Å². The van der Waals surface area contributed by atoms with Crippen LogP contribution in [0.4, 0.5) is 0 Å². The van der Waals surface area contributed by atoms with E-state index in [9.17, 15) is 4.79 Å². The van der Waals surface area contributed by atoms with Gasteiger partial charge in [-0.1, -0.05) is 27.7 Å². The minimum atomic E-state index is 0.295. The van der Waals surface area contributed by atoms with Crippen LogP contribution in [0.25, 0.3) is 0 Å². The fraction of sp³-hybridized carbons (Fsp3) is 0.950. The molecule has 2 aliphatic heterocycles. The van der Waals surface area contributed by atoms with Gasteiger partial charge in [0.05, 0.1) is 6.61 Å². The van der Waals surface area contributed by atoms with Crippen molar-refractivity contribution in [3.8, 4) is 0 Å². The molecule has 26 heavy (non-hydrogen) atoms. The van der Waals surface area contributed by atoms with E-state index in [1.165, 1.54) is 0 Å². The van der Waals surface area contributed by atoms with Crippen molar-refractivity contribution in [3.05, 3.63) is 0 Å². The first kappa shape index (κ1) is 25.3. The molecule has 3 aliphatic rings. The minimum absolute atomic E-state index is 0.295. The third-order valence-electron chi connectivity index (χ3n) is 4.75. The molecule has 0 aromatic carbocycles. The van der Waals surface area contributed by atoms with Crippen molar-refractivity contribution in [3.63, 3.8) is 0 Å². The van der Waals surface area contributed by atoms with Crippen LogP contribution in [-0.2, 0) is 4.79 Å². The molecule has 6 heteroatoms. The van der Waals surface area contributed by atoms with Crippen molar-refractivity contribution in [1.82, 2.24) is 19.6 Å². The first-order valence-electron chi connectivity index (χ1n) is 10.6. The Morgan fingerprint density at radius 2 is 1.23 bits per heavy atom. The molecule has 2 heterocycles. The van der Waals surface area contributed by atoms with Crippen LogP contribution < -0.4 is 0 Å². The maximum atomic E-state index is 11.6. The van der Waals surface area contributed by atoms with E-state index >= 15 is 0 Å². The molecule has 1 aliphatic carbocycles. The van der Waals surface area contributed by atoms with Gasteiger partial charge in [0.1, 0.15) is 0 Å². The molecule has 0 unspecified atom stereocenters. The van der Waals surface area contributed by atoms with E-state index in [1.807, 2.05) is 32.6 Å². The van der Waals surface area contributed by atoms with E-state index in [0.29, 0.717) is 18.4 Å². The fourth-order valence-electron chi connectivity index (χ4n) is 2.83. The summed E-state index contributed by atoms with van der Waals surface area (Å²) in [6.07, 6.45) is 2.26. The Kier molecular flexibility index (Phi) is 15.0. The van der Waals surface area contributed by atoms with Gasteiger partial charge in [0.15, 0.2) is 0 Å². The normalized spacial score (nSPS) is 21.4. The third-order valence-corrected chi connectivity index (χ3v) is 4.75. The number of rotatable bonds is 3. The summed E-state index contributed by atoms with van der Waals surface area (Å²) in [5.41, 5.74) is 0. The molecule has 0 aromatic heterocycles. The van der Waals surface area contributed by atoms with E-state index < -0.39 is 0 Å². The van der Waals surface area contributed by atoms with Crippen molar-refractivity contribution in [2.24, 2.45) is 5.92 Å². The van der Waals surface area contributed by atoms with Gasteiger partial charge in [-0.2, -0.15) is 0 Å². The summed E-state index contributed by atoms with van der Waals surface area (Å²) in [6.45, 7) is 17.6. The van der Waals surface area contributed by atoms with Crippen LogP contribution in [0.15, 0.2) is 0 Å². The highest BCUT2D eigenvalue weighted by atomic mass is 16.3. The van der Waals surface area contributed by atoms with Gasteiger partial charge in [0.2, 0.25) is 5.91 Å². The molecular weight excluding hydrogens is 328 g/mol. The van der Waals surface area contributed by atoms with Crippen molar-refractivity contribution < 1.29 is 9.90 Å². The highest BCUT2D eigenvalue weighted by Crippen LogP contribution is 2.31. The Morgan fingerprint density at radius 3 is 1.62 bits per heavy atom. The first-order chi connectivity index (χ1) is 12.6. The summed E-state index contributed by atoms with van der Waals surface area (Å²) < 4.78 is 0. The van der Waals surface area contributed by atoms with Gasteiger partial charge < -0.3 is 19.8 Å². The number of likely N-dealkylation sites (N-methyl/N-ethyl adjacent to an activating group) is 2. The van der Waals surface area contributed by atoms with Crippen LogP contribution in [0.5, 0.6) is 0 Å². The zero-order valence-corrected chi connectivity index (χ0v) is 18.2. The van der Waals surface area contributed by atoms with Crippen molar-refractivity contribution in [2.45, 2.75) is 40.5 Å². The number of carbonyl (C=O) groups is 1. The Balaban J connectivity index is 0.000000409. The molecule has 3 rings (SSSR count). The summed E-state index contributed by atoms with van der Waals surface area (Å²) in [4.78, 5) is 20.5. The zero-order chi connectivity index (χ0) is 19.9. The number of hydrogen-bond donors (Lipinski definition) is 1. The summed E-state index contributed by atoms with van der Waals surface area (Å²) in [6, 6.07) is 0. The molecule has 0 atom stereocenters. The minimum Gasteiger partial charge on any atom is -0.395 e. The number of β-amino-alcohol motifs (C(OH)–C–C–N with tert-alkyl or cyclic N) is 1. The van der Waals surface area contributed by atoms with Gasteiger partial charge in [-0.05, 0) is 26.9 Å². The van der Waals surface area contributed by atoms with Gasteiger partial charge in [0, 0.05) is 64.8 Å². The number of hydrogen-bond acceptors (Lipinski definition) is 5. The molecule has 0 radical (unpaired) electrons. The standard InChI is InChI=1S/C9H16N2O.C7H16N2O.2C2H6/c1-10-4-6-11(7-5-10)9(12)8-2-3-8;1-8-2-4-9(5-3-8)6-7-10;2*1-2/h8H,2-7H2,1H3;10H,2-7H2,1H3;2*1-2H3. The molecule has 3 fully saturated rings.